The molecule has 0 amide bonds. The Kier molecular flexibility index (Phi) is 4.61. The maximum absolute atomic E-state index is 4.51. The summed E-state index contributed by atoms with van der Waals surface area (Å²) in [5, 5.41) is 4.79. The third kappa shape index (κ3) is 3.80. The molecular formula is C21H24N4. The van der Waals surface area contributed by atoms with Crippen LogP contribution in [-0.4, -0.2) is 34.0 Å². The van der Waals surface area contributed by atoms with Crippen molar-refractivity contribution in [2.24, 2.45) is 0 Å². The zero-order chi connectivity index (χ0) is 17.1. The van der Waals surface area contributed by atoms with E-state index in [9.17, 15) is 0 Å². The first-order chi connectivity index (χ1) is 12.3. The molecular weight excluding hydrogens is 308 g/mol. The van der Waals surface area contributed by atoms with Crippen molar-refractivity contribution in [2.75, 3.05) is 18.4 Å². The van der Waals surface area contributed by atoms with E-state index in [-0.39, 0.29) is 0 Å². The van der Waals surface area contributed by atoms with Gasteiger partial charge in [-0.15, -0.1) is 0 Å². The average Bonchev–Trinajstić information content (AvgIpc) is 2.63. The molecule has 4 rings (SSSR count). The number of hydrogen-bond acceptors (Lipinski definition) is 4. The topological polar surface area (TPSA) is 41.1 Å². The van der Waals surface area contributed by atoms with E-state index in [0.29, 0.717) is 6.04 Å². The lowest BCUT2D eigenvalue weighted by Crippen LogP contribution is -2.41. The average molecular weight is 332 g/mol. The number of anilines is 1. The number of benzene rings is 2. The highest BCUT2D eigenvalue weighted by Gasteiger charge is 2.20. The van der Waals surface area contributed by atoms with Gasteiger partial charge < -0.3 is 5.32 Å². The number of aryl methyl sites for hydroxylation is 1. The molecule has 128 valence electrons. The first-order valence-corrected chi connectivity index (χ1v) is 9.02. The molecule has 2 aromatic carbocycles. The van der Waals surface area contributed by atoms with E-state index in [1.54, 1.807) is 6.33 Å². The molecule has 4 nitrogen and oxygen atoms in total. The number of hydrogen-bond donors (Lipinski definition) is 1. The van der Waals surface area contributed by atoms with Crippen LogP contribution in [0.25, 0.3) is 10.9 Å². The summed E-state index contributed by atoms with van der Waals surface area (Å²) in [7, 11) is 0. The summed E-state index contributed by atoms with van der Waals surface area (Å²) in [6, 6.07) is 17.5. The molecule has 0 radical (unpaired) electrons. The van der Waals surface area contributed by atoms with Crippen molar-refractivity contribution < 1.29 is 0 Å². The Morgan fingerprint density at radius 3 is 2.88 bits per heavy atom. The van der Waals surface area contributed by atoms with Gasteiger partial charge in [-0.25, -0.2) is 9.97 Å². The lowest BCUT2D eigenvalue weighted by atomic mass is 10.0. The maximum Gasteiger partial charge on any atom is 0.137 e. The van der Waals surface area contributed by atoms with E-state index in [1.807, 2.05) is 0 Å². The molecule has 25 heavy (non-hydrogen) atoms. The lowest BCUT2D eigenvalue weighted by molar-refractivity contribution is 0.208. The monoisotopic (exact) mass is 332 g/mol. The van der Waals surface area contributed by atoms with Gasteiger partial charge >= 0.3 is 0 Å². The number of fused-ring (bicyclic) bond motifs is 1. The molecule has 0 aliphatic carbocycles. The van der Waals surface area contributed by atoms with Crippen LogP contribution in [0.1, 0.15) is 24.0 Å². The van der Waals surface area contributed by atoms with E-state index in [2.05, 4.69) is 75.6 Å². The van der Waals surface area contributed by atoms with Gasteiger partial charge in [0, 0.05) is 24.5 Å². The minimum atomic E-state index is 0.427. The molecule has 4 heteroatoms. The van der Waals surface area contributed by atoms with Gasteiger partial charge in [-0.05, 0) is 44.0 Å². The third-order valence-corrected chi connectivity index (χ3v) is 4.89. The number of nitrogens with one attached hydrogen (secondary N) is 1. The van der Waals surface area contributed by atoms with Crippen molar-refractivity contribution in [1.29, 1.82) is 0 Å². The summed E-state index contributed by atoms with van der Waals surface area (Å²) in [6.45, 7) is 5.34. The van der Waals surface area contributed by atoms with Crippen LogP contribution in [0.4, 0.5) is 5.82 Å². The van der Waals surface area contributed by atoms with Crippen molar-refractivity contribution in [3.8, 4) is 0 Å². The van der Waals surface area contributed by atoms with Gasteiger partial charge in [0.1, 0.15) is 12.1 Å². The minimum absolute atomic E-state index is 0.427. The largest absolute Gasteiger partial charge is 0.365 e. The Bertz CT molecular complexity index is 847. The van der Waals surface area contributed by atoms with Crippen LogP contribution >= 0.6 is 0 Å². The van der Waals surface area contributed by atoms with Crippen LogP contribution in [0.5, 0.6) is 0 Å². The Hall–Kier alpha value is -2.46. The van der Waals surface area contributed by atoms with Crippen molar-refractivity contribution >= 4 is 16.7 Å². The van der Waals surface area contributed by atoms with E-state index in [4.69, 9.17) is 0 Å². The molecule has 1 unspecified atom stereocenters. The van der Waals surface area contributed by atoms with Crippen LogP contribution < -0.4 is 5.32 Å². The summed E-state index contributed by atoms with van der Waals surface area (Å²) in [5.74, 6) is 0.959. The number of piperidine rings is 1. The van der Waals surface area contributed by atoms with Crippen molar-refractivity contribution in [1.82, 2.24) is 14.9 Å². The zero-order valence-electron chi connectivity index (χ0n) is 14.7. The molecule has 1 aromatic heterocycles. The lowest BCUT2D eigenvalue weighted by Gasteiger charge is -2.33. The Labute approximate surface area is 148 Å². The number of nitrogens with zero attached hydrogens (tertiary/aromatic N) is 3. The molecule has 1 atom stereocenters. The molecule has 1 fully saturated rings. The molecule has 2 heterocycles. The SMILES string of the molecule is Cc1ccc2ncnc(NC3CCCN(Cc4ccccc4)C3)c2c1. The zero-order valence-corrected chi connectivity index (χ0v) is 14.7. The normalized spacial score (nSPS) is 18.4. The third-order valence-electron chi connectivity index (χ3n) is 4.89. The summed E-state index contributed by atoms with van der Waals surface area (Å²) in [4.78, 5) is 11.4. The van der Waals surface area contributed by atoms with Gasteiger partial charge in [0.2, 0.25) is 0 Å². The summed E-state index contributed by atoms with van der Waals surface area (Å²) < 4.78 is 0. The van der Waals surface area contributed by atoms with Gasteiger partial charge in [-0.3, -0.25) is 4.90 Å². The standard InChI is InChI=1S/C21H24N4/c1-16-9-10-20-19(12-16)21(23-15-22-20)24-18-8-5-11-25(14-18)13-17-6-3-2-4-7-17/h2-4,6-7,9-10,12,15,18H,5,8,11,13-14H2,1H3,(H,22,23,24). The second kappa shape index (κ2) is 7.19. The molecule has 3 aromatic rings. The van der Waals surface area contributed by atoms with Crippen molar-refractivity contribution in [3.05, 3.63) is 66.0 Å². The van der Waals surface area contributed by atoms with Gasteiger partial charge in [0.25, 0.3) is 0 Å². The van der Waals surface area contributed by atoms with E-state index in [0.717, 1.165) is 36.4 Å². The van der Waals surface area contributed by atoms with Gasteiger partial charge in [-0.2, -0.15) is 0 Å². The molecule has 0 saturated carbocycles. The van der Waals surface area contributed by atoms with Crippen molar-refractivity contribution in [3.63, 3.8) is 0 Å². The summed E-state index contributed by atoms with van der Waals surface area (Å²) in [6.07, 6.45) is 4.06. The second-order valence-corrected chi connectivity index (χ2v) is 6.95. The molecule has 1 saturated heterocycles. The van der Waals surface area contributed by atoms with Crippen molar-refractivity contribution in [2.45, 2.75) is 32.4 Å². The predicted octanol–water partition coefficient (Wildman–Crippen LogP) is 4.01. The quantitative estimate of drug-likeness (QED) is 0.783. The van der Waals surface area contributed by atoms with Crippen LogP contribution in [0.15, 0.2) is 54.9 Å². The van der Waals surface area contributed by atoms with E-state index in [1.165, 1.54) is 24.0 Å². The molecule has 0 bridgehead atoms. The highest BCUT2D eigenvalue weighted by atomic mass is 15.2. The van der Waals surface area contributed by atoms with Crippen LogP contribution in [0, 0.1) is 6.92 Å². The summed E-state index contributed by atoms with van der Waals surface area (Å²) >= 11 is 0. The Morgan fingerprint density at radius 2 is 2.00 bits per heavy atom. The first-order valence-electron chi connectivity index (χ1n) is 9.02. The highest BCUT2D eigenvalue weighted by molar-refractivity contribution is 5.89. The number of likely N-dealkylation sites (tertiary alicyclic amines) is 1. The van der Waals surface area contributed by atoms with E-state index < -0.39 is 0 Å². The van der Waals surface area contributed by atoms with Gasteiger partial charge in [0.15, 0.2) is 0 Å². The smallest absolute Gasteiger partial charge is 0.137 e. The number of rotatable bonds is 4. The fourth-order valence-corrected chi connectivity index (χ4v) is 3.64. The molecule has 0 spiro atoms. The number of aromatic nitrogens is 2. The fourth-order valence-electron chi connectivity index (χ4n) is 3.64. The van der Waals surface area contributed by atoms with Gasteiger partial charge in [-0.1, -0.05) is 42.0 Å². The predicted molar refractivity (Wildman–Crippen MR) is 103 cm³/mol. The van der Waals surface area contributed by atoms with Gasteiger partial charge in [0.05, 0.1) is 5.52 Å². The summed E-state index contributed by atoms with van der Waals surface area (Å²) in [5.41, 5.74) is 3.62. The Morgan fingerprint density at radius 1 is 1.12 bits per heavy atom. The first kappa shape index (κ1) is 16.0. The molecule has 1 aliphatic rings. The fraction of sp³-hybridized carbons (Fsp3) is 0.333. The van der Waals surface area contributed by atoms with E-state index >= 15 is 0 Å². The maximum atomic E-state index is 4.51. The van der Waals surface area contributed by atoms with Crippen LogP contribution in [0.2, 0.25) is 0 Å². The minimum Gasteiger partial charge on any atom is -0.365 e. The highest BCUT2D eigenvalue weighted by Crippen LogP contribution is 2.23. The molecule has 1 N–H and O–H groups in total. The van der Waals surface area contributed by atoms with Crippen LogP contribution in [0.3, 0.4) is 0 Å². The Balaban J connectivity index is 1.48. The second-order valence-electron chi connectivity index (χ2n) is 6.95. The van der Waals surface area contributed by atoms with Crippen LogP contribution in [-0.2, 0) is 6.54 Å². The molecule has 1 aliphatic heterocycles.